The fourth-order valence-corrected chi connectivity index (χ4v) is 1.66. The predicted molar refractivity (Wildman–Crippen MR) is 60.8 cm³/mol. The van der Waals surface area contributed by atoms with E-state index in [9.17, 15) is 4.79 Å². The van der Waals surface area contributed by atoms with Crippen LogP contribution in [0.3, 0.4) is 0 Å². The summed E-state index contributed by atoms with van der Waals surface area (Å²) in [4.78, 5) is 13.8. The minimum atomic E-state index is 0.0211. The van der Waals surface area contributed by atoms with E-state index in [1.54, 1.807) is 29.2 Å². The molecule has 0 atom stereocenters. The van der Waals surface area contributed by atoms with Crippen LogP contribution in [0.5, 0.6) is 0 Å². The fraction of sp³-hybridized carbons (Fsp3) is 0.364. The third-order valence-electron chi connectivity index (χ3n) is 2.61. The van der Waals surface area contributed by atoms with Crippen molar-refractivity contribution in [1.29, 1.82) is 0 Å². The van der Waals surface area contributed by atoms with Crippen LogP contribution < -0.4 is 5.46 Å². The maximum atomic E-state index is 12.0. The number of morpholine rings is 1. The zero-order chi connectivity index (χ0) is 11.4. The third kappa shape index (κ3) is 2.43. The van der Waals surface area contributed by atoms with Gasteiger partial charge < -0.3 is 14.7 Å². The van der Waals surface area contributed by atoms with Gasteiger partial charge in [-0.1, -0.05) is 17.6 Å². The molecule has 0 aliphatic carbocycles. The van der Waals surface area contributed by atoms with Crippen molar-refractivity contribution in [1.82, 2.24) is 4.90 Å². The lowest BCUT2D eigenvalue weighted by molar-refractivity contribution is 0.0303. The van der Waals surface area contributed by atoms with Crippen LogP contribution in [0, 0.1) is 0 Å². The summed E-state index contributed by atoms with van der Waals surface area (Å²) >= 11 is 0. The van der Waals surface area contributed by atoms with E-state index in [2.05, 4.69) is 0 Å². The first-order chi connectivity index (χ1) is 7.81. The molecule has 2 rings (SSSR count). The molecule has 1 N–H and O–H groups in total. The molecule has 1 heterocycles. The van der Waals surface area contributed by atoms with Crippen LogP contribution in [0.2, 0.25) is 0 Å². The van der Waals surface area contributed by atoms with E-state index in [0.29, 0.717) is 37.3 Å². The Morgan fingerprint density at radius 1 is 1.25 bits per heavy atom. The number of hydrogen-bond donors (Lipinski definition) is 1. The van der Waals surface area contributed by atoms with E-state index in [4.69, 9.17) is 9.76 Å². The number of nitrogens with zero attached hydrogens (tertiary/aromatic N) is 1. The molecular weight excluding hydrogens is 205 g/mol. The van der Waals surface area contributed by atoms with E-state index >= 15 is 0 Å². The Balaban J connectivity index is 2.07. The van der Waals surface area contributed by atoms with Gasteiger partial charge in [0.15, 0.2) is 0 Å². The molecule has 83 valence electrons. The number of hydrogen-bond acceptors (Lipinski definition) is 3. The molecule has 1 radical (unpaired) electrons. The number of amides is 1. The molecule has 0 bridgehead atoms. The Morgan fingerprint density at radius 3 is 2.44 bits per heavy atom. The second-order valence-electron chi connectivity index (χ2n) is 3.66. The van der Waals surface area contributed by atoms with Gasteiger partial charge in [0, 0.05) is 18.7 Å². The van der Waals surface area contributed by atoms with Crippen LogP contribution in [0.25, 0.3) is 0 Å². The zero-order valence-electron chi connectivity index (χ0n) is 8.93. The van der Waals surface area contributed by atoms with Gasteiger partial charge in [-0.05, 0) is 12.1 Å². The second kappa shape index (κ2) is 5.14. The summed E-state index contributed by atoms with van der Waals surface area (Å²) in [5.41, 5.74) is 1.34. The summed E-state index contributed by atoms with van der Waals surface area (Å²) < 4.78 is 5.19. The minimum Gasteiger partial charge on any atom is -0.450 e. The Bertz CT molecular complexity index is 360. The van der Waals surface area contributed by atoms with Gasteiger partial charge in [-0.15, -0.1) is 0 Å². The lowest BCUT2D eigenvalue weighted by Gasteiger charge is -2.26. The first-order valence-corrected chi connectivity index (χ1v) is 5.26. The highest BCUT2D eigenvalue weighted by Gasteiger charge is 2.17. The number of ether oxygens (including phenoxy) is 1. The lowest BCUT2D eigenvalue weighted by atomic mass is 9.88. The topological polar surface area (TPSA) is 49.8 Å². The largest absolute Gasteiger partial charge is 0.450 e. The summed E-state index contributed by atoms with van der Waals surface area (Å²) in [6.07, 6.45) is 0. The van der Waals surface area contributed by atoms with Crippen molar-refractivity contribution in [3.05, 3.63) is 29.8 Å². The zero-order valence-corrected chi connectivity index (χ0v) is 8.93. The van der Waals surface area contributed by atoms with Crippen molar-refractivity contribution in [2.45, 2.75) is 0 Å². The molecule has 0 aromatic heterocycles. The highest BCUT2D eigenvalue weighted by atomic mass is 16.5. The van der Waals surface area contributed by atoms with Crippen LogP contribution in [-0.2, 0) is 4.74 Å². The van der Waals surface area contributed by atoms with Crippen LogP contribution in [-0.4, -0.2) is 49.6 Å². The van der Waals surface area contributed by atoms with E-state index in [-0.39, 0.29) is 5.91 Å². The molecule has 4 nitrogen and oxygen atoms in total. The molecule has 1 fully saturated rings. The van der Waals surface area contributed by atoms with Gasteiger partial charge in [-0.2, -0.15) is 0 Å². The molecule has 0 spiro atoms. The van der Waals surface area contributed by atoms with Gasteiger partial charge in [-0.3, -0.25) is 4.79 Å². The quantitative estimate of drug-likeness (QED) is 0.674. The van der Waals surface area contributed by atoms with Crippen molar-refractivity contribution in [2.75, 3.05) is 26.3 Å². The Labute approximate surface area is 95.1 Å². The molecule has 0 saturated carbocycles. The Morgan fingerprint density at radius 2 is 1.88 bits per heavy atom. The first kappa shape index (κ1) is 11.2. The smallest absolute Gasteiger partial charge is 0.326 e. The van der Waals surface area contributed by atoms with Crippen molar-refractivity contribution in [3.8, 4) is 0 Å². The molecule has 1 aliphatic heterocycles. The average molecular weight is 218 g/mol. The number of benzene rings is 1. The normalized spacial score (nSPS) is 15.9. The minimum absolute atomic E-state index is 0.0211. The monoisotopic (exact) mass is 218 g/mol. The van der Waals surface area contributed by atoms with E-state index in [1.165, 1.54) is 0 Å². The molecule has 1 saturated heterocycles. The summed E-state index contributed by atoms with van der Waals surface area (Å²) in [6.45, 7) is 2.50. The van der Waals surface area contributed by atoms with E-state index < -0.39 is 0 Å². The van der Waals surface area contributed by atoms with Gasteiger partial charge in [0.05, 0.1) is 13.2 Å². The van der Waals surface area contributed by atoms with Gasteiger partial charge in [0.25, 0.3) is 5.91 Å². The molecular formula is C11H13BNO3. The van der Waals surface area contributed by atoms with Gasteiger partial charge in [-0.25, -0.2) is 0 Å². The molecule has 5 heteroatoms. The standard InChI is InChI=1S/C11H13BNO3/c14-11(13-5-7-16-8-6-13)9-1-3-10(12-15)4-2-9/h1-4,15H,5-8H2. The van der Waals surface area contributed by atoms with Crippen molar-refractivity contribution >= 4 is 18.9 Å². The van der Waals surface area contributed by atoms with Crippen LogP contribution in [0.4, 0.5) is 0 Å². The molecule has 16 heavy (non-hydrogen) atoms. The molecule has 1 aliphatic rings. The number of rotatable bonds is 2. The van der Waals surface area contributed by atoms with E-state index in [1.807, 2.05) is 0 Å². The van der Waals surface area contributed by atoms with Gasteiger partial charge >= 0.3 is 7.48 Å². The van der Waals surface area contributed by atoms with Crippen LogP contribution >= 0.6 is 0 Å². The lowest BCUT2D eigenvalue weighted by Crippen LogP contribution is -2.40. The predicted octanol–water partition coefficient (Wildman–Crippen LogP) is -0.604. The molecule has 1 aromatic carbocycles. The fourth-order valence-electron chi connectivity index (χ4n) is 1.66. The summed E-state index contributed by atoms with van der Waals surface area (Å²) in [5, 5.41) is 8.78. The van der Waals surface area contributed by atoms with Crippen molar-refractivity contribution in [2.24, 2.45) is 0 Å². The van der Waals surface area contributed by atoms with Crippen LogP contribution in [0.1, 0.15) is 10.4 Å². The number of carbonyl (C=O) groups excluding carboxylic acids is 1. The van der Waals surface area contributed by atoms with Crippen molar-refractivity contribution < 1.29 is 14.6 Å². The van der Waals surface area contributed by atoms with Gasteiger partial charge in [0.1, 0.15) is 0 Å². The van der Waals surface area contributed by atoms with Crippen molar-refractivity contribution in [3.63, 3.8) is 0 Å². The molecule has 1 amide bonds. The highest BCUT2D eigenvalue weighted by Crippen LogP contribution is 2.06. The third-order valence-corrected chi connectivity index (χ3v) is 2.61. The Hall–Kier alpha value is -1.33. The highest BCUT2D eigenvalue weighted by molar-refractivity contribution is 6.45. The summed E-state index contributed by atoms with van der Waals surface area (Å²) in [6, 6.07) is 6.88. The molecule has 1 aromatic rings. The average Bonchev–Trinajstić information content (AvgIpc) is 2.39. The van der Waals surface area contributed by atoms with Gasteiger partial charge in [0.2, 0.25) is 0 Å². The maximum absolute atomic E-state index is 12.0. The van der Waals surface area contributed by atoms with Crippen LogP contribution in [0.15, 0.2) is 24.3 Å². The second-order valence-corrected chi connectivity index (χ2v) is 3.66. The first-order valence-electron chi connectivity index (χ1n) is 5.26. The SMILES string of the molecule is O=C(c1ccc([B]O)cc1)N1CCOCC1. The summed E-state index contributed by atoms with van der Waals surface area (Å²) in [7, 11) is 1.02. The molecule has 0 unspecified atom stereocenters. The number of carbonyl (C=O) groups is 1. The maximum Gasteiger partial charge on any atom is 0.326 e. The summed E-state index contributed by atoms with van der Waals surface area (Å²) in [5.74, 6) is 0.0211. The van der Waals surface area contributed by atoms with E-state index in [0.717, 1.165) is 7.48 Å². The Kier molecular flexibility index (Phi) is 3.59.